The van der Waals surface area contributed by atoms with Gasteiger partial charge in [-0.25, -0.2) is 0 Å². The van der Waals surface area contributed by atoms with Gasteiger partial charge in [-0.3, -0.25) is 4.79 Å². The van der Waals surface area contributed by atoms with Gasteiger partial charge in [0, 0.05) is 16.8 Å². The van der Waals surface area contributed by atoms with Crippen molar-refractivity contribution in [2.75, 3.05) is 18.5 Å². The van der Waals surface area contributed by atoms with Gasteiger partial charge >= 0.3 is 0 Å². The summed E-state index contributed by atoms with van der Waals surface area (Å²) in [5.41, 5.74) is 3.05. The number of aryl methyl sites for hydroxylation is 1. The molecule has 2 aromatic carbocycles. The topological polar surface area (TPSA) is 80.9 Å². The molecule has 0 fully saturated rings. The molecule has 0 saturated carbocycles. The van der Waals surface area contributed by atoms with Gasteiger partial charge in [0.2, 0.25) is 0 Å². The lowest BCUT2D eigenvalue weighted by Crippen LogP contribution is -2.17. The number of anilines is 1. The van der Waals surface area contributed by atoms with E-state index >= 15 is 0 Å². The van der Waals surface area contributed by atoms with E-state index in [1.807, 2.05) is 31.2 Å². The average Bonchev–Trinajstić information content (AvgIpc) is 3.16. The number of aliphatic hydroxyl groups is 1. The average molecular weight is 365 g/mol. The first-order valence-corrected chi connectivity index (χ1v) is 8.65. The van der Waals surface area contributed by atoms with Crippen molar-refractivity contribution in [2.45, 2.75) is 13.5 Å². The molecule has 0 spiro atoms. The summed E-state index contributed by atoms with van der Waals surface area (Å²) in [5, 5.41) is 12.0. The molecule has 2 heterocycles. The Morgan fingerprint density at radius 1 is 1.04 bits per heavy atom. The number of carbonyl (C=O) groups is 1. The molecule has 138 valence electrons. The molecule has 0 unspecified atom stereocenters. The second-order valence-corrected chi connectivity index (χ2v) is 6.27. The zero-order valence-electron chi connectivity index (χ0n) is 14.8. The van der Waals surface area contributed by atoms with Crippen molar-refractivity contribution in [3.05, 3.63) is 65.4 Å². The summed E-state index contributed by atoms with van der Waals surface area (Å²) in [6.07, 6.45) is 0. The Labute approximate surface area is 156 Å². The first-order valence-electron chi connectivity index (χ1n) is 8.65. The summed E-state index contributed by atoms with van der Waals surface area (Å²) in [4.78, 5) is 12.6. The van der Waals surface area contributed by atoms with E-state index in [9.17, 15) is 4.79 Å². The van der Waals surface area contributed by atoms with E-state index in [-0.39, 0.29) is 12.5 Å². The van der Waals surface area contributed by atoms with Crippen LogP contribution in [-0.4, -0.2) is 24.2 Å². The Morgan fingerprint density at radius 3 is 2.59 bits per heavy atom. The van der Waals surface area contributed by atoms with Crippen molar-refractivity contribution in [3.8, 4) is 22.8 Å². The quantitative estimate of drug-likeness (QED) is 0.736. The minimum atomic E-state index is -0.223. The second-order valence-electron chi connectivity index (χ2n) is 6.27. The standard InChI is InChI=1S/C21H19NO5/c1-13-10-15(3-5-17(13)18-7-4-16(12-23)27-18)22-21(24)14-2-6-19-20(11-14)26-9-8-25-19/h2-7,10-11,23H,8-9,12H2,1H3,(H,22,24). The van der Waals surface area contributed by atoms with Crippen LogP contribution in [0.15, 0.2) is 52.9 Å². The lowest BCUT2D eigenvalue weighted by molar-refractivity contribution is 0.102. The molecule has 0 radical (unpaired) electrons. The number of rotatable bonds is 4. The van der Waals surface area contributed by atoms with Crippen molar-refractivity contribution in [2.24, 2.45) is 0 Å². The third-order valence-corrected chi connectivity index (χ3v) is 4.37. The molecule has 0 saturated heterocycles. The Bertz CT molecular complexity index is 992. The molecular weight excluding hydrogens is 346 g/mol. The summed E-state index contributed by atoms with van der Waals surface area (Å²) in [5.74, 6) is 2.21. The van der Waals surface area contributed by atoms with Gasteiger partial charge in [0.25, 0.3) is 5.91 Å². The molecule has 1 aliphatic rings. The molecule has 1 amide bonds. The van der Waals surface area contributed by atoms with Gasteiger partial charge in [0.05, 0.1) is 0 Å². The minimum Gasteiger partial charge on any atom is -0.486 e. The van der Waals surface area contributed by atoms with Crippen LogP contribution in [0, 0.1) is 6.92 Å². The molecule has 0 atom stereocenters. The molecule has 4 rings (SSSR count). The maximum atomic E-state index is 12.6. The molecule has 1 aromatic heterocycles. The zero-order valence-corrected chi connectivity index (χ0v) is 14.8. The number of hydrogen-bond donors (Lipinski definition) is 2. The van der Waals surface area contributed by atoms with Crippen LogP contribution < -0.4 is 14.8 Å². The first kappa shape index (κ1) is 17.2. The number of amides is 1. The van der Waals surface area contributed by atoms with Crippen LogP contribution in [0.5, 0.6) is 11.5 Å². The predicted octanol–water partition coefficient (Wildman–Crippen LogP) is 3.77. The van der Waals surface area contributed by atoms with Gasteiger partial charge in [-0.1, -0.05) is 0 Å². The van der Waals surface area contributed by atoms with E-state index < -0.39 is 0 Å². The van der Waals surface area contributed by atoms with E-state index in [0.717, 1.165) is 11.1 Å². The van der Waals surface area contributed by atoms with Crippen molar-refractivity contribution < 1.29 is 23.8 Å². The van der Waals surface area contributed by atoms with E-state index in [1.54, 1.807) is 24.3 Å². The molecule has 2 N–H and O–H groups in total. The number of ether oxygens (including phenoxy) is 2. The summed E-state index contributed by atoms with van der Waals surface area (Å²) in [6, 6.07) is 14.3. The van der Waals surface area contributed by atoms with Gasteiger partial charge in [-0.2, -0.15) is 0 Å². The molecule has 27 heavy (non-hydrogen) atoms. The fourth-order valence-electron chi connectivity index (χ4n) is 3.01. The summed E-state index contributed by atoms with van der Waals surface area (Å²) >= 11 is 0. The molecule has 6 nitrogen and oxygen atoms in total. The monoisotopic (exact) mass is 365 g/mol. The summed E-state index contributed by atoms with van der Waals surface area (Å²) < 4.78 is 16.6. The Morgan fingerprint density at radius 2 is 1.85 bits per heavy atom. The maximum Gasteiger partial charge on any atom is 0.255 e. The van der Waals surface area contributed by atoms with Gasteiger partial charge in [-0.15, -0.1) is 0 Å². The molecule has 1 aliphatic heterocycles. The molecule has 6 heteroatoms. The molecular formula is C21H19NO5. The molecule has 0 bridgehead atoms. The van der Waals surface area contributed by atoms with E-state index in [1.165, 1.54) is 0 Å². The van der Waals surface area contributed by atoms with Gasteiger partial charge < -0.3 is 24.3 Å². The lowest BCUT2D eigenvalue weighted by Gasteiger charge is -2.18. The van der Waals surface area contributed by atoms with Crippen LogP contribution in [0.3, 0.4) is 0 Å². The highest BCUT2D eigenvalue weighted by atomic mass is 16.6. The lowest BCUT2D eigenvalue weighted by atomic mass is 10.1. The highest BCUT2D eigenvalue weighted by Gasteiger charge is 2.15. The molecule has 0 aliphatic carbocycles. The minimum absolute atomic E-state index is 0.136. The zero-order chi connectivity index (χ0) is 18.8. The van der Waals surface area contributed by atoms with Crippen LogP contribution in [0.2, 0.25) is 0 Å². The van der Waals surface area contributed by atoms with Crippen LogP contribution in [0.4, 0.5) is 5.69 Å². The normalized spacial score (nSPS) is 12.7. The van der Waals surface area contributed by atoms with Gasteiger partial charge in [0.1, 0.15) is 31.3 Å². The number of benzene rings is 2. The van der Waals surface area contributed by atoms with Gasteiger partial charge in [0.15, 0.2) is 11.5 Å². The molecule has 3 aromatic rings. The number of nitrogens with one attached hydrogen (secondary N) is 1. The number of carbonyl (C=O) groups excluding carboxylic acids is 1. The highest BCUT2D eigenvalue weighted by molar-refractivity contribution is 6.04. The Hall–Kier alpha value is -3.25. The fourth-order valence-corrected chi connectivity index (χ4v) is 3.01. The van der Waals surface area contributed by atoms with Crippen LogP contribution >= 0.6 is 0 Å². The van der Waals surface area contributed by atoms with E-state index in [2.05, 4.69) is 5.32 Å². The third kappa shape index (κ3) is 3.52. The van der Waals surface area contributed by atoms with Gasteiger partial charge in [-0.05, 0) is 61.0 Å². The van der Waals surface area contributed by atoms with Crippen LogP contribution in [0.25, 0.3) is 11.3 Å². The van der Waals surface area contributed by atoms with Crippen molar-refractivity contribution in [1.82, 2.24) is 0 Å². The largest absolute Gasteiger partial charge is 0.486 e. The smallest absolute Gasteiger partial charge is 0.255 e. The number of furan rings is 1. The summed E-state index contributed by atoms with van der Waals surface area (Å²) in [7, 11) is 0. The van der Waals surface area contributed by atoms with Crippen molar-refractivity contribution >= 4 is 11.6 Å². The predicted molar refractivity (Wildman–Crippen MR) is 100 cm³/mol. The first-order chi connectivity index (χ1) is 13.1. The van der Waals surface area contributed by atoms with E-state index in [4.69, 9.17) is 19.0 Å². The van der Waals surface area contributed by atoms with Crippen molar-refractivity contribution in [1.29, 1.82) is 0 Å². The number of aliphatic hydroxyl groups excluding tert-OH is 1. The van der Waals surface area contributed by atoms with Crippen LogP contribution in [-0.2, 0) is 6.61 Å². The summed E-state index contributed by atoms with van der Waals surface area (Å²) in [6.45, 7) is 2.79. The SMILES string of the molecule is Cc1cc(NC(=O)c2ccc3c(c2)OCCO3)ccc1-c1ccc(CO)o1. The highest BCUT2D eigenvalue weighted by Crippen LogP contribution is 2.31. The second kappa shape index (κ2) is 7.17. The Kier molecular flexibility index (Phi) is 4.56. The van der Waals surface area contributed by atoms with Crippen molar-refractivity contribution in [3.63, 3.8) is 0 Å². The van der Waals surface area contributed by atoms with E-state index in [0.29, 0.717) is 47.5 Å². The Balaban J connectivity index is 1.52. The third-order valence-electron chi connectivity index (χ3n) is 4.37. The van der Waals surface area contributed by atoms with Crippen LogP contribution in [0.1, 0.15) is 21.7 Å². The fraction of sp³-hybridized carbons (Fsp3) is 0.190. The maximum absolute atomic E-state index is 12.6. The number of hydrogen-bond acceptors (Lipinski definition) is 5. The number of fused-ring (bicyclic) bond motifs is 1.